The van der Waals surface area contributed by atoms with Gasteiger partial charge in [-0.25, -0.2) is 0 Å². The molecule has 0 bridgehead atoms. The molecule has 0 amide bonds. The van der Waals surface area contributed by atoms with Crippen molar-refractivity contribution in [2.45, 2.75) is 25.4 Å². The monoisotopic (exact) mass is 770 g/mol. The summed E-state index contributed by atoms with van der Waals surface area (Å²) in [6, 6.07) is 52.7. The van der Waals surface area contributed by atoms with E-state index in [1.165, 1.54) is 17.7 Å². The number of hydrogen-bond donors (Lipinski definition) is 0. The van der Waals surface area contributed by atoms with Gasteiger partial charge in [0.25, 0.3) is 0 Å². The summed E-state index contributed by atoms with van der Waals surface area (Å²) in [5.41, 5.74) is 10.2. The highest BCUT2D eigenvalue weighted by Crippen LogP contribution is 2.44. The Labute approximate surface area is 338 Å². The van der Waals surface area contributed by atoms with Crippen molar-refractivity contribution < 1.29 is 13.2 Å². The van der Waals surface area contributed by atoms with Crippen molar-refractivity contribution in [3.05, 3.63) is 192 Å². The molecular weight excluding hydrogens is 738 g/mol. The molecule has 0 saturated carbocycles. The Morgan fingerprint density at radius 1 is 0.576 bits per heavy atom. The van der Waals surface area contributed by atoms with E-state index in [1.54, 1.807) is 18.2 Å². The standard InChI is InChI=1S/C52H33F3N4/c1-32-10-2-3-11-39(32)35-22-24-43-41-13-5-8-16-46(41)58(50(43)28-35)48-26-33(18-20-37(48)30-56)34-19-21-38(31-57)49(27-34)59-47-17-9-6-14-42(47)44-25-23-36(29-51(44)59)40-12-4-7-15-45(40)52(53,54)55/h2-25,27-29,33H,26H2,1H3. The average molecular weight is 771 g/mol. The van der Waals surface area contributed by atoms with E-state index < -0.39 is 11.7 Å². The number of aromatic nitrogens is 2. The smallest absolute Gasteiger partial charge is 0.312 e. The second kappa shape index (κ2) is 13.8. The molecule has 0 spiro atoms. The lowest BCUT2D eigenvalue weighted by Crippen LogP contribution is -2.10. The molecule has 2 aromatic heterocycles. The van der Waals surface area contributed by atoms with E-state index >= 15 is 0 Å². The molecule has 1 unspecified atom stereocenters. The normalized spacial score (nSPS) is 14.4. The van der Waals surface area contributed by atoms with Gasteiger partial charge in [0, 0.05) is 33.2 Å². The summed E-state index contributed by atoms with van der Waals surface area (Å²) in [6.07, 6.45) is -0.0657. The molecule has 0 radical (unpaired) electrons. The fourth-order valence-corrected chi connectivity index (χ4v) is 9.00. The van der Waals surface area contributed by atoms with Crippen LogP contribution in [0.4, 0.5) is 13.2 Å². The summed E-state index contributed by atoms with van der Waals surface area (Å²) < 4.78 is 46.9. The van der Waals surface area contributed by atoms with Gasteiger partial charge in [-0.15, -0.1) is 0 Å². The zero-order valence-corrected chi connectivity index (χ0v) is 31.8. The molecule has 59 heavy (non-hydrogen) atoms. The topological polar surface area (TPSA) is 57.4 Å². The van der Waals surface area contributed by atoms with Gasteiger partial charge in [-0.05, 0) is 95.3 Å². The van der Waals surface area contributed by atoms with E-state index in [0.717, 1.165) is 66.5 Å². The van der Waals surface area contributed by atoms with Crippen LogP contribution in [0.3, 0.4) is 0 Å². The Bertz CT molecular complexity index is 3340. The van der Waals surface area contributed by atoms with Crippen LogP contribution < -0.4 is 0 Å². The molecule has 10 rings (SSSR count). The number of alkyl halides is 3. The molecule has 9 aromatic rings. The number of halogens is 3. The number of nitrogens with zero attached hydrogens (tertiary/aromatic N) is 4. The van der Waals surface area contributed by atoms with Crippen LogP contribution >= 0.6 is 0 Å². The van der Waals surface area contributed by atoms with E-state index in [1.807, 2.05) is 83.4 Å². The van der Waals surface area contributed by atoms with Crippen molar-refractivity contribution >= 4 is 49.3 Å². The Morgan fingerprint density at radius 2 is 1.15 bits per heavy atom. The zero-order chi connectivity index (χ0) is 40.4. The van der Waals surface area contributed by atoms with Gasteiger partial charge in [-0.1, -0.05) is 115 Å². The number of allylic oxidation sites excluding steroid dienone is 4. The van der Waals surface area contributed by atoms with Gasteiger partial charge in [-0.3, -0.25) is 0 Å². The minimum absolute atomic E-state index is 0.0870. The van der Waals surface area contributed by atoms with Gasteiger partial charge in [0.15, 0.2) is 0 Å². The molecule has 7 heteroatoms. The summed E-state index contributed by atoms with van der Waals surface area (Å²) in [5.74, 6) is -0.160. The van der Waals surface area contributed by atoms with Crippen molar-refractivity contribution in [1.82, 2.24) is 9.13 Å². The number of para-hydroxylation sites is 2. The zero-order valence-electron chi connectivity index (χ0n) is 31.8. The van der Waals surface area contributed by atoms with Gasteiger partial charge < -0.3 is 9.13 Å². The number of rotatable bonds is 5. The third-order valence-electron chi connectivity index (χ3n) is 11.8. The molecular formula is C52H33F3N4. The molecule has 7 aromatic carbocycles. The van der Waals surface area contributed by atoms with Gasteiger partial charge in [0.05, 0.1) is 44.5 Å². The van der Waals surface area contributed by atoms with Gasteiger partial charge in [-0.2, -0.15) is 23.7 Å². The predicted octanol–water partition coefficient (Wildman–Crippen LogP) is 13.9. The molecule has 282 valence electrons. The minimum atomic E-state index is -4.53. The molecule has 1 aliphatic rings. The predicted molar refractivity (Wildman–Crippen MR) is 231 cm³/mol. The van der Waals surface area contributed by atoms with Crippen LogP contribution in [0.25, 0.3) is 77.2 Å². The molecule has 2 heterocycles. The summed E-state index contributed by atoms with van der Waals surface area (Å²) in [4.78, 5) is 0. The summed E-state index contributed by atoms with van der Waals surface area (Å²) >= 11 is 0. The van der Waals surface area contributed by atoms with Crippen molar-refractivity contribution in [3.8, 4) is 40.1 Å². The maximum Gasteiger partial charge on any atom is 0.417 e. The summed E-state index contributed by atoms with van der Waals surface area (Å²) in [6.45, 7) is 2.11. The highest BCUT2D eigenvalue weighted by Gasteiger charge is 2.33. The van der Waals surface area contributed by atoms with Gasteiger partial charge in [0.2, 0.25) is 0 Å². The first kappa shape index (κ1) is 35.8. The lowest BCUT2D eigenvalue weighted by molar-refractivity contribution is -0.137. The first-order valence-corrected chi connectivity index (χ1v) is 19.4. The quantitative estimate of drug-likeness (QED) is 0.175. The second-order valence-electron chi connectivity index (χ2n) is 15.1. The third kappa shape index (κ3) is 5.82. The maximum atomic E-state index is 14.2. The average Bonchev–Trinajstić information content (AvgIpc) is 3.77. The minimum Gasteiger partial charge on any atom is -0.312 e. The Morgan fingerprint density at radius 3 is 1.81 bits per heavy atom. The van der Waals surface area contributed by atoms with Crippen LogP contribution in [0.15, 0.2) is 169 Å². The first-order chi connectivity index (χ1) is 28.7. The highest BCUT2D eigenvalue weighted by atomic mass is 19.4. The maximum absolute atomic E-state index is 14.2. The largest absolute Gasteiger partial charge is 0.417 e. The molecule has 1 atom stereocenters. The molecule has 0 N–H and O–H groups in total. The van der Waals surface area contributed by atoms with Gasteiger partial charge >= 0.3 is 6.18 Å². The molecule has 1 aliphatic carbocycles. The lowest BCUT2D eigenvalue weighted by Gasteiger charge is -2.24. The van der Waals surface area contributed by atoms with Crippen LogP contribution in [0.2, 0.25) is 0 Å². The van der Waals surface area contributed by atoms with E-state index in [4.69, 9.17) is 0 Å². The van der Waals surface area contributed by atoms with Crippen molar-refractivity contribution in [1.29, 1.82) is 10.5 Å². The Hall–Kier alpha value is -7.61. The van der Waals surface area contributed by atoms with Crippen LogP contribution in [-0.4, -0.2) is 9.13 Å². The summed E-state index contributed by atoms with van der Waals surface area (Å²) in [5, 5.41) is 25.1. The fourth-order valence-electron chi connectivity index (χ4n) is 9.00. The second-order valence-corrected chi connectivity index (χ2v) is 15.1. The molecule has 0 saturated heterocycles. The SMILES string of the molecule is Cc1ccccc1-c1ccc2c3ccccc3n(C3=C(C#N)C=CC(c4ccc(C#N)c(-n5c6ccccc6c6ccc(-c7ccccc7C(F)(F)F)cc65)c4)C3)c2c1. The van der Waals surface area contributed by atoms with E-state index in [-0.39, 0.29) is 11.5 Å². The van der Waals surface area contributed by atoms with Crippen LogP contribution in [-0.2, 0) is 6.18 Å². The van der Waals surface area contributed by atoms with Crippen LogP contribution in [0, 0.1) is 29.6 Å². The molecule has 0 aliphatic heterocycles. The first-order valence-electron chi connectivity index (χ1n) is 19.4. The van der Waals surface area contributed by atoms with Gasteiger partial charge in [0.1, 0.15) is 12.1 Å². The molecule has 4 nitrogen and oxygen atoms in total. The fraction of sp³-hybridized carbons (Fsp3) is 0.0769. The lowest BCUT2D eigenvalue weighted by atomic mass is 9.87. The Balaban J connectivity index is 1.13. The number of aryl methyl sites for hydroxylation is 1. The Kier molecular flexibility index (Phi) is 8.37. The van der Waals surface area contributed by atoms with Crippen molar-refractivity contribution in [2.75, 3.05) is 0 Å². The molecule has 0 fully saturated rings. The number of fused-ring (bicyclic) bond motifs is 6. The number of benzene rings is 7. The highest BCUT2D eigenvalue weighted by molar-refractivity contribution is 6.12. The van der Waals surface area contributed by atoms with E-state index in [0.29, 0.717) is 34.3 Å². The number of nitriles is 2. The van der Waals surface area contributed by atoms with E-state index in [2.05, 4.69) is 72.2 Å². The van der Waals surface area contributed by atoms with Crippen LogP contribution in [0.1, 0.15) is 34.6 Å². The summed E-state index contributed by atoms with van der Waals surface area (Å²) in [7, 11) is 0. The van der Waals surface area contributed by atoms with Crippen LogP contribution in [0.5, 0.6) is 0 Å². The van der Waals surface area contributed by atoms with Crippen molar-refractivity contribution in [2.24, 2.45) is 0 Å². The number of hydrogen-bond acceptors (Lipinski definition) is 2. The third-order valence-corrected chi connectivity index (χ3v) is 11.8. The van der Waals surface area contributed by atoms with E-state index in [9.17, 15) is 23.7 Å². The van der Waals surface area contributed by atoms with Crippen molar-refractivity contribution in [3.63, 3.8) is 0 Å².